The van der Waals surface area contributed by atoms with Crippen LogP contribution in [0.5, 0.6) is 0 Å². The third-order valence-corrected chi connectivity index (χ3v) is 10.7. The lowest BCUT2D eigenvalue weighted by Gasteiger charge is -2.61. The van der Waals surface area contributed by atoms with Crippen molar-refractivity contribution in [3.63, 3.8) is 0 Å². The number of likely N-dealkylation sites (tertiary alicyclic amines) is 1. The quantitative estimate of drug-likeness (QED) is 0.360. The zero-order chi connectivity index (χ0) is 30.2. The molecule has 4 aromatic rings. The maximum atomic E-state index is 13.6. The average molecular weight is 592 g/mol. The summed E-state index contributed by atoms with van der Waals surface area (Å²) in [7, 11) is 0. The molecule has 4 fully saturated rings. The number of carboxylic acids is 1. The molecule has 1 amide bonds. The number of nitrogens with zero attached hydrogens (tertiary/aromatic N) is 7. The van der Waals surface area contributed by atoms with Crippen LogP contribution in [0.2, 0.25) is 0 Å². The molecule has 10 heteroatoms. The number of benzene rings is 1. The molecule has 3 aromatic heterocycles. The van der Waals surface area contributed by atoms with Crippen LogP contribution >= 0.6 is 0 Å². The molecular weight excluding hydrogens is 554 g/mol. The van der Waals surface area contributed by atoms with Gasteiger partial charge in [-0.1, -0.05) is 35.9 Å². The van der Waals surface area contributed by atoms with Gasteiger partial charge in [-0.15, -0.1) is 5.10 Å². The molecule has 4 aliphatic rings. The average Bonchev–Trinajstić information content (AvgIpc) is 3.71. The predicted octanol–water partition coefficient (Wildman–Crippen LogP) is 4.57. The number of pyridine rings is 2. The van der Waals surface area contributed by atoms with Crippen LogP contribution in [0.3, 0.4) is 0 Å². The van der Waals surface area contributed by atoms with Gasteiger partial charge in [-0.3, -0.25) is 4.79 Å². The number of carbonyl (C=O) groups excluding carboxylic acids is 1. The third-order valence-electron chi connectivity index (χ3n) is 10.7. The number of carboxylic acid groups (broad SMARTS) is 1. The number of fused-ring (bicyclic) bond motifs is 1. The Kier molecular flexibility index (Phi) is 6.02. The minimum atomic E-state index is -1.03. The summed E-state index contributed by atoms with van der Waals surface area (Å²) in [6.45, 7) is 9.13. The van der Waals surface area contributed by atoms with E-state index in [0.29, 0.717) is 30.2 Å². The molecule has 8 rings (SSSR count). The first-order valence-electron chi connectivity index (χ1n) is 15.6. The van der Waals surface area contributed by atoms with Crippen molar-refractivity contribution in [1.82, 2.24) is 24.5 Å². The highest BCUT2D eigenvalue weighted by Gasteiger charge is 2.55. The number of hydrogen-bond donors (Lipinski definition) is 1. The Morgan fingerprint density at radius 2 is 1.73 bits per heavy atom. The van der Waals surface area contributed by atoms with Crippen LogP contribution in [-0.2, 0) is 0 Å². The van der Waals surface area contributed by atoms with Gasteiger partial charge < -0.3 is 19.8 Å². The smallest absolute Gasteiger partial charge is 0.354 e. The first-order chi connectivity index (χ1) is 21.2. The van der Waals surface area contributed by atoms with E-state index >= 15 is 0 Å². The van der Waals surface area contributed by atoms with Crippen molar-refractivity contribution in [1.29, 1.82) is 0 Å². The number of aromatic nitrogens is 4. The molecule has 0 bridgehead atoms. The van der Waals surface area contributed by atoms with Crippen LogP contribution in [-0.4, -0.2) is 80.7 Å². The molecule has 1 aliphatic carbocycles. The lowest BCUT2D eigenvalue weighted by atomic mass is 9.53. The van der Waals surface area contributed by atoms with Gasteiger partial charge in [0.1, 0.15) is 5.82 Å². The highest BCUT2D eigenvalue weighted by atomic mass is 16.4. The number of aromatic carboxylic acids is 1. The predicted molar refractivity (Wildman–Crippen MR) is 167 cm³/mol. The zero-order valence-corrected chi connectivity index (χ0v) is 25.2. The first kappa shape index (κ1) is 27.1. The standard InChI is InChI=1S/C34H37N7O3/c1-22-5-3-6-24(15-22)26-9-10-34(26)20-40(21-34)25-16-23(2)30-36-29(37-41(30)17-25)31(42)39-14-12-33(19-39)11-13-38(18-33)28-8-4-7-27(35-28)32(43)44/h3-8,15-17,26H,9-14,18-21H2,1-2H3,(H,43,44)/t26?,33-/m1/s1. The van der Waals surface area contributed by atoms with Crippen molar-refractivity contribution in [3.05, 3.63) is 82.9 Å². The highest BCUT2D eigenvalue weighted by molar-refractivity contribution is 5.91. The second kappa shape index (κ2) is 9.77. The van der Waals surface area contributed by atoms with Gasteiger partial charge in [0.2, 0.25) is 5.82 Å². The summed E-state index contributed by atoms with van der Waals surface area (Å²) in [6.07, 6.45) is 6.38. The Labute approximate surface area is 256 Å². The van der Waals surface area contributed by atoms with E-state index in [1.807, 2.05) is 24.1 Å². The summed E-state index contributed by atoms with van der Waals surface area (Å²) in [5, 5.41) is 14.0. The molecule has 1 saturated carbocycles. The summed E-state index contributed by atoms with van der Waals surface area (Å²) >= 11 is 0. The van der Waals surface area contributed by atoms with E-state index in [0.717, 1.165) is 55.9 Å². The molecule has 6 heterocycles. The molecule has 1 unspecified atom stereocenters. The number of amides is 1. The number of aryl methyl sites for hydroxylation is 2. The summed E-state index contributed by atoms with van der Waals surface area (Å²) in [6, 6.07) is 16.3. The Morgan fingerprint density at radius 1 is 0.909 bits per heavy atom. The molecule has 3 saturated heterocycles. The molecular formula is C34H37N7O3. The second-order valence-corrected chi connectivity index (χ2v) is 13.6. The monoisotopic (exact) mass is 591 g/mol. The van der Waals surface area contributed by atoms with Crippen LogP contribution in [0, 0.1) is 24.7 Å². The molecule has 1 aromatic carbocycles. The van der Waals surface area contributed by atoms with Gasteiger partial charge in [-0.05, 0) is 74.8 Å². The molecule has 3 aliphatic heterocycles. The van der Waals surface area contributed by atoms with E-state index in [1.54, 1.807) is 10.6 Å². The lowest BCUT2D eigenvalue weighted by Crippen LogP contribution is -2.63. The molecule has 1 N–H and O–H groups in total. The minimum Gasteiger partial charge on any atom is -0.477 e. The second-order valence-electron chi connectivity index (χ2n) is 13.6. The highest BCUT2D eigenvalue weighted by Crippen LogP contribution is 2.58. The number of carbonyl (C=O) groups is 2. The largest absolute Gasteiger partial charge is 0.477 e. The van der Waals surface area contributed by atoms with Gasteiger partial charge in [0.25, 0.3) is 5.91 Å². The Bertz CT molecular complexity index is 1810. The molecule has 226 valence electrons. The van der Waals surface area contributed by atoms with E-state index in [-0.39, 0.29) is 22.8 Å². The maximum absolute atomic E-state index is 13.6. The van der Waals surface area contributed by atoms with Crippen molar-refractivity contribution >= 4 is 29.0 Å². The van der Waals surface area contributed by atoms with Crippen LogP contribution in [0.15, 0.2) is 54.7 Å². The van der Waals surface area contributed by atoms with Gasteiger partial charge >= 0.3 is 5.97 Å². The van der Waals surface area contributed by atoms with E-state index in [9.17, 15) is 14.7 Å². The fraction of sp³-hybridized carbons (Fsp3) is 0.441. The van der Waals surface area contributed by atoms with Gasteiger partial charge in [0, 0.05) is 50.1 Å². The fourth-order valence-corrected chi connectivity index (χ4v) is 8.21. The number of hydrogen-bond acceptors (Lipinski definition) is 7. The van der Waals surface area contributed by atoms with E-state index in [4.69, 9.17) is 0 Å². The molecule has 2 atom stereocenters. The van der Waals surface area contributed by atoms with E-state index in [1.165, 1.54) is 30.0 Å². The van der Waals surface area contributed by atoms with Crippen molar-refractivity contribution in [2.45, 2.75) is 45.4 Å². The first-order valence-corrected chi connectivity index (χ1v) is 15.6. The Hall–Kier alpha value is -4.47. The number of rotatable bonds is 5. The van der Waals surface area contributed by atoms with Crippen molar-refractivity contribution in [3.8, 4) is 0 Å². The van der Waals surface area contributed by atoms with Crippen LogP contribution < -0.4 is 9.80 Å². The van der Waals surface area contributed by atoms with Crippen LogP contribution in [0.1, 0.15) is 69.4 Å². The maximum Gasteiger partial charge on any atom is 0.354 e. The number of anilines is 2. The molecule has 10 nitrogen and oxygen atoms in total. The summed E-state index contributed by atoms with van der Waals surface area (Å²) in [5.41, 5.74) is 6.03. The molecule has 0 radical (unpaired) electrons. The van der Waals surface area contributed by atoms with Gasteiger partial charge in [0.05, 0.1) is 11.9 Å². The molecule has 2 spiro atoms. The Balaban J connectivity index is 0.950. The zero-order valence-electron chi connectivity index (χ0n) is 25.2. The van der Waals surface area contributed by atoms with E-state index in [2.05, 4.69) is 62.1 Å². The summed E-state index contributed by atoms with van der Waals surface area (Å²) in [4.78, 5) is 40.5. The lowest BCUT2D eigenvalue weighted by molar-refractivity contribution is 0.0519. The SMILES string of the molecule is Cc1cccc(C2CCC23CN(c2cc(C)c4nc(C(=O)N5CC[C@@]6(CCN(c7cccc(C(=O)O)n7)C6)C5)nn4c2)C3)c1. The van der Waals surface area contributed by atoms with Gasteiger partial charge in [0.15, 0.2) is 11.3 Å². The normalized spacial score (nSPS) is 23.9. The summed E-state index contributed by atoms with van der Waals surface area (Å²) < 4.78 is 1.78. The van der Waals surface area contributed by atoms with Gasteiger partial charge in [-0.25, -0.2) is 19.3 Å². The van der Waals surface area contributed by atoms with Gasteiger partial charge in [-0.2, -0.15) is 0 Å². The van der Waals surface area contributed by atoms with Crippen LogP contribution in [0.4, 0.5) is 11.5 Å². The topological polar surface area (TPSA) is 107 Å². The minimum absolute atomic E-state index is 0.0376. The van der Waals surface area contributed by atoms with Crippen molar-refractivity contribution in [2.75, 3.05) is 49.1 Å². The fourth-order valence-electron chi connectivity index (χ4n) is 8.21. The summed E-state index contributed by atoms with van der Waals surface area (Å²) in [5.74, 6) is 0.387. The van der Waals surface area contributed by atoms with E-state index < -0.39 is 5.97 Å². The van der Waals surface area contributed by atoms with Crippen molar-refractivity contribution < 1.29 is 14.7 Å². The Morgan fingerprint density at radius 3 is 2.50 bits per heavy atom. The third kappa shape index (κ3) is 4.33. The van der Waals surface area contributed by atoms with Crippen molar-refractivity contribution in [2.24, 2.45) is 10.8 Å². The molecule has 44 heavy (non-hydrogen) atoms. The van der Waals surface area contributed by atoms with Crippen LogP contribution in [0.25, 0.3) is 5.65 Å².